The first-order valence-electron chi connectivity index (χ1n) is 7.52. The maximum atomic E-state index is 11.0. The monoisotopic (exact) mass is 301 g/mol. The predicted octanol–water partition coefficient (Wildman–Crippen LogP) is 4.62. The van der Waals surface area contributed by atoms with Crippen LogP contribution in [0.5, 0.6) is 0 Å². The lowest BCUT2D eigenvalue weighted by atomic mass is 9.99. The van der Waals surface area contributed by atoms with E-state index in [9.17, 15) is 4.79 Å². The lowest BCUT2D eigenvalue weighted by molar-refractivity contribution is -0.136. The second-order valence-electron chi connectivity index (χ2n) is 5.71. The third-order valence-corrected chi connectivity index (χ3v) is 4.19. The molecule has 3 nitrogen and oxygen atoms in total. The Bertz CT molecular complexity index is 1030. The van der Waals surface area contributed by atoms with Crippen molar-refractivity contribution < 1.29 is 9.90 Å². The van der Waals surface area contributed by atoms with E-state index in [-0.39, 0.29) is 6.42 Å². The molecule has 1 aromatic heterocycles. The predicted molar refractivity (Wildman–Crippen MR) is 92.6 cm³/mol. The van der Waals surface area contributed by atoms with Gasteiger partial charge in [-0.05, 0) is 45.7 Å². The van der Waals surface area contributed by atoms with Crippen LogP contribution in [0.4, 0.5) is 0 Å². The molecular formula is C20H15NO2. The maximum Gasteiger partial charge on any atom is 0.307 e. The number of carbonyl (C=O) groups is 1. The highest BCUT2D eigenvalue weighted by Crippen LogP contribution is 2.29. The van der Waals surface area contributed by atoms with Gasteiger partial charge in [0.2, 0.25) is 0 Å². The van der Waals surface area contributed by atoms with Crippen molar-refractivity contribution in [2.24, 2.45) is 0 Å². The number of aliphatic carboxylic acids is 1. The van der Waals surface area contributed by atoms with Crippen molar-refractivity contribution in [3.05, 3.63) is 72.4 Å². The highest BCUT2D eigenvalue weighted by Gasteiger charge is 2.09. The van der Waals surface area contributed by atoms with Crippen LogP contribution >= 0.6 is 0 Å². The average molecular weight is 301 g/mol. The van der Waals surface area contributed by atoms with Gasteiger partial charge in [0.1, 0.15) is 0 Å². The molecule has 0 unspecified atom stereocenters. The second-order valence-corrected chi connectivity index (χ2v) is 5.71. The molecule has 0 saturated heterocycles. The van der Waals surface area contributed by atoms with E-state index < -0.39 is 5.97 Å². The molecule has 4 aromatic rings. The Balaban J connectivity index is 1.84. The number of H-pyrrole nitrogens is 1. The fraction of sp³-hybridized carbons (Fsp3) is 0.0500. The number of rotatable bonds is 3. The first-order chi connectivity index (χ1) is 11.2. The summed E-state index contributed by atoms with van der Waals surface area (Å²) in [5, 5.41) is 12.4. The minimum absolute atomic E-state index is 0.0289. The third kappa shape index (κ3) is 2.46. The van der Waals surface area contributed by atoms with E-state index in [2.05, 4.69) is 47.4 Å². The summed E-state index contributed by atoms with van der Waals surface area (Å²) >= 11 is 0. The van der Waals surface area contributed by atoms with Crippen LogP contribution in [0.2, 0.25) is 0 Å². The van der Waals surface area contributed by atoms with Crippen LogP contribution in [0.1, 0.15) is 5.56 Å². The second kappa shape index (κ2) is 5.29. The molecule has 0 aliphatic rings. The molecule has 23 heavy (non-hydrogen) atoms. The number of fused-ring (bicyclic) bond motifs is 2. The number of aromatic amines is 1. The molecule has 3 aromatic carbocycles. The van der Waals surface area contributed by atoms with Crippen molar-refractivity contribution in [2.45, 2.75) is 6.42 Å². The van der Waals surface area contributed by atoms with Gasteiger partial charge in [-0.1, -0.05) is 42.5 Å². The molecule has 0 spiro atoms. The summed E-state index contributed by atoms with van der Waals surface area (Å²) in [6, 6.07) is 20.8. The zero-order valence-corrected chi connectivity index (χ0v) is 12.4. The summed E-state index contributed by atoms with van der Waals surface area (Å²) in [6.07, 6.45) is 1.81. The molecule has 3 heteroatoms. The zero-order chi connectivity index (χ0) is 15.8. The van der Waals surface area contributed by atoms with Gasteiger partial charge in [0.05, 0.1) is 6.42 Å². The van der Waals surface area contributed by atoms with Gasteiger partial charge in [-0.3, -0.25) is 4.79 Å². The van der Waals surface area contributed by atoms with Crippen LogP contribution in [0.3, 0.4) is 0 Å². The minimum atomic E-state index is -0.818. The third-order valence-electron chi connectivity index (χ3n) is 4.19. The Kier molecular flexibility index (Phi) is 3.12. The summed E-state index contributed by atoms with van der Waals surface area (Å²) in [5.74, 6) is -0.818. The number of benzene rings is 3. The molecule has 112 valence electrons. The number of carboxylic acids is 1. The molecule has 1 heterocycles. The first-order valence-corrected chi connectivity index (χ1v) is 7.52. The number of hydrogen-bond donors (Lipinski definition) is 2. The summed E-state index contributed by atoms with van der Waals surface area (Å²) in [6.45, 7) is 0. The van der Waals surface area contributed by atoms with E-state index in [1.165, 1.54) is 10.8 Å². The fourth-order valence-electron chi connectivity index (χ4n) is 3.04. The molecule has 0 aliphatic heterocycles. The van der Waals surface area contributed by atoms with Crippen LogP contribution in [-0.4, -0.2) is 16.1 Å². The molecule has 0 atom stereocenters. The van der Waals surface area contributed by atoms with Gasteiger partial charge in [0, 0.05) is 17.1 Å². The van der Waals surface area contributed by atoms with E-state index in [1.807, 2.05) is 18.2 Å². The highest BCUT2D eigenvalue weighted by atomic mass is 16.4. The van der Waals surface area contributed by atoms with Gasteiger partial charge in [0.25, 0.3) is 0 Å². The molecule has 0 bridgehead atoms. The SMILES string of the molecule is O=C(O)Cc1c[nH]c2ccc(-c3ccc4ccccc4c3)cc12. The van der Waals surface area contributed by atoms with Gasteiger partial charge in [-0.2, -0.15) is 0 Å². The van der Waals surface area contributed by atoms with E-state index in [0.717, 1.165) is 27.6 Å². The van der Waals surface area contributed by atoms with Crippen molar-refractivity contribution in [1.82, 2.24) is 4.98 Å². The molecule has 0 saturated carbocycles. The summed E-state index contributed by atoms with van der Waals surface area (Å²) in [5.41, 5.74) is 4.00. The molecule has 4 rings (SSSR count). The molecule has 0 aliphatic carbocycles. The van der Waals surface area contributed by atoms with E-state index in [4.69, 9.17) is 5.11 Å². The maximum absolute atomic E-state index is 11.0. The smallest absolute Gasteiger partial charge is 0.307 e. The Morgan fingerprint density at radius 2 is 1.65 bits per heavy atom. The van der Waals surface area contributed by atoms with Crippen molar-refractivity contribution >= 4 is 27.6 Å². The number of hydrogen-bond acceptors (Lipinski definition) is 1. The molecule has 0 radical (unpaired) electrons. The largest absolute Gasteiger partial charge is 0.481 e. The summed E-state index contributed by atoms with van der Waals surface area (Å²) < 4.78 is 0. The Labute approximate surface area is 133 Å². The summed E-state index contributed by atoms with van der Waals surface area (Å²) in [7, 11) is 0. The van der Waals surface area contributed by atoms with Crippen molar-refractivity contribution in [2.75, 3.05) is 0 Å². The average Bonchev–Trinajstić information content (AvgIpc) is 2.96. The van der Waals surface area contributed by atoms with E-state index in [0.29, 0.717) is 0 Å². The van der Waals surface area contributed by atoms with Crippen molar-refractivity contribution in [3.8, 4) is 11.1 Å². The molecule has 0 amide bonds. The zero-order valence-electron chi connectivity index (χ0n) is 12.4. The quantitative estimate of drug-likeness (QED) is 0.580. The number of aromatic nitrogens is 1. The minimum Gasteiger partial charge on any atom is -0.481 e. The normalized spacial score (nSPS) is 11.1. The molecule has 2 N–H and O–H groups in total. The standard InChI is InChI=1S/C20H15NO2/c22-20(23)11-17-12-21-19-8-7-16(10-18(17)19)15-6-5-13-3-1-2-4-14(13)9-15/h1-10,12,21H,11H2,(H,22,23). The van der Waals surface area contributed by atoms with Gasteiger partial charge in [-0.15, -0.1) is 0 Å². The van der Waals surface area contributed by atoms with Crippen molar-refractivity contribution in [1.29, 1.82) is 0 Å². The van der Waals surface area contributed by atoms with Crippen LogP contribution in [0.25, 0.3) is 32.8 Å². The van der Waals surface area contributed by atoms with Gasteiger partial charge in [-0.25, -0.2) is 0 Å². The molecular weight excluding hydrogens is 286 g/mol. The van der Waals surface area contributed by atoms with Crippen LogP contribution in [0, 0.1) is 0 Å². The number of carboxylic acid groups (broad SMARTS) is 1. The topological polar surface area (TPSA) is 53.1 Å². The summed E-state index contributed by atoms with van der Waals surface area (Å²) in [4.78, 5) is 14.1. The van der Waals surface area contributed by atoms with E-state index >= 15 is 0 Å². The Morgan fingerprint density at radius 1 is 0.913 bits per heavy atom. The fourth-order valence-corrected chi connectivity index (χ4v) is 3.04. The Hall–Kier alpha value is -3.07. The van der Waals surface area contributed by atoms with Crippen LogP contribution < -0.4 is 0 Å². The Morgan fingerprint density at radius 3 is 2.48 bits per heavy atom. The molecule has 0 fully saturated rings. The van der Waals surface area contributed by atoms with Gasteiger partial charge in [0.15, 0.2) is 0 Å². The first kappa shape index (κ1) is 13.6. The lowest BCUT2D eigenvalue weighted by Gasteiger charge is -2.05. The van der Waals surface area contributed by atoms with Crippen LogP contribution in [0.15, 0.2) is 66.9 Å². The number of nitrogens with one attached hydrogen (secondary N) is 1. The van der Waals surface area contributed by atoms with Gasteiger partial charge >= 0.3 is 5.97 Å². The van der Waals surface area contributed by atoms with E-state index in [1.54, 1.807) is 6.20 Å². The van der Waals surface area contributed by atoms with Crippen molar-refractivity contribution in [3.63, 3.8) is 0 Å². The highest BCUT2D eigenvalue weighted by molar-refractivity contribution is 5.92. The lowest BCUT2D eigenvalue weighted by Crippen LogP contribution is -1.98. The van der Waals surface area contributed by atoms with Crippen LogP contribution in [-0.2, 0) is 11.2 Å². The van der Waals surface area contributed by atoms with Gasteiger partial charge < -0.3 is 10.1 Å².